The van der Waals surface area contributed by atoms with Crippen molar-refractivity contribution in [2.75, 3.05) is 5.43 Å². The average Bonchev–Trinajstić information content (AvgIpc) is 2.82. The highest BCUT2D eigenvalue weighted by Gasteiger charge is 2.11. The standard InChI is InChI=1S/C16H16ClN5O/c1-9-4-5-12(7-14(9)17)19-20-16(23)11-6-13-10(2)21-22(3)15(13)18-8-11/h4-8,19H,1-3H3,(H,20,23). The molecule has 6 nitrogen and oxygen atoms in total. The molecule has 3 aromatic rings. The molecule has 2 heterocycles. The van der Waals surface area contributed by atoms with Crippen molar-refractivity contribution in [1.29, 1.82) is 0 Å². The van der Waals surface area contributed by atoms with Gasteiger partial charge in [-0.15, -0.1) is 0 Å². The number of benzene rings is 1. The van der Waals surface area contributed by atoms with Crippen LogP contribution >= 0.6 is 11.6 Å². The second kappa shape index (κ2) is 5.89. The maximum absolute atomic E-state index is 12.3. The van der Waals surface area contributed by atoms with Gasteiger partial charge in [-0.2, -0.15) is 5.10 Å². The number of halogens is 1. The quantitative estimate of drug-likeness (QED) is 0.725. The highest BCUT2D eigenvalue weighted by Crippen LogP contribution is 2.20. The first-order valence-corrected chi connectivity index (χ1v) is 7.45. The molecule has 3 rings (SSSR count). The Hall–Kier alpha value is -2.60. The summed E-state index contributed by atoms with van der Waals surface area (Å²) < 4.78 is 1.69. The van der Waals surface area contributed by atoms with Crippen LogP contribution in [0.2, 0.25) is 5.02 Å². The van der Waals surface area contributed by atoms with Crippen molar-refractivity contribution < 1.29 is 4.79 Å². The van der Waals surface area contributed by atoms with Crippen LogP contribution in [0.15, 0.2) is 30.5 Å². The third-order valence-corrected chi connectivity index (χ3v) is 4.02. The van der Waals surface area contributed by atoms with Crippen LogP contribution < -0.4 is 10.9 Å². The zero-order chi connectivity index (χ0) is 16.6. The second-order valence-corrected chi connectivity index (χ2v) is 5.75. The minimum Gasteiger partial charge on any atom is -0.298 e. The van der Waals surface area contributed by atoms with Gasteiger partial charge in [-0.25, -0.2) is 4.98 Å². The summed E-state index contributed by atoms with van der Waals surface area (Å²) >= 11 is 6.06. The molecule has 23 heavy (non-hydrogen) atoms. The molecule has 7 heteroatoms. The number of hydrogen-bond donors (Lipinski definition) is 2. The predicted octanol–water partition coefficient (Wildman–Crippen LogP) is 3.00. The Morgan fingerprint density at radius 2 is 2.04 bits per heavy atom. The van der Waals surface area contributed by atoms with Crippen LogP contribution in [0.5, 0.6) is 0 Å². The summed E-state index contributed by atoms with van der Waals surface area (Å²) in [6.07, 6.45) is 1.53. The monoisotopic (exact) mass is 329 g/mol. The maximum Gasteiger partial charge on any atom is 0.271 e. The summed E-state index contributed by atoms with van der Waals surface area (Å²) in [6, 6.07) is 7.26. The first kappa shape index (κ1) is 15.3. The number of pyridine rings is 1. The zero-order valence-corrected chi connectivity index (χ0v) is 13.8. The van der Waals surface area contributed by atoms with Gasteiger partial charge >= 0.3 is 0 Å². The number of carbonyl (C=O) groups is 1. The van der Waals surface area contributed by atoms with Crippen molar-refractivity contribution in [3.8, 4) is 0 Å². The van der Waals surface area contributed by atoms with E-state index in [9.17, 15) is 4.79 Å². The van der Waals surface area contributed by atoms with Crippen molar-refractivity contribution in [2.24, 2.45) is 7.05 Å². The number of hydrazine groups is 1. The highest BCUT2D eigenvalue weighted by molar-refractivity contribution is 6.31. The van der Waals surface area contributed by atoms with Crippen molar-refractivity contribution in [1.82, 2.24) is 20.2 Å². The largest absolute Gasteiger partial charge is 0.298 e. The SMILES string of the molecule is Cc1ccc(NNC(=O)c2cnc3c(c2)c(C)nn3C)cc1Cl. The minimum atomic E-state index is -0.278. The number of nitrogens with zero attached hydrogens (tertiary/aromatic N) is 3. The first-order valence-electron chi connectivity index (χ1n) is 7.07. The summed E-state index contributed by atoms with van der Waals surface area (Å²) in [5.41, 5.74) is 9.21. The molecule has 0 saturated heterocycles. The summed E-state index contributed by atoms with van der Waals surface area (Å²) in [6.45, 7) is 3.81. The molecule has 0 atom stereocenters. The Labute approximate surface area is 138 Å². The van der Waals surface area contributed by atoms with Gasteiger partial charge in [-0.3, -0.25) is 20.3 Å². The molecule has 0 bridgehead atoms. The van der Waals surface area contributed by atoms with Crippen LogP contribution in [0.3, 0.4) is 0 Å². The third-order valence-electron chi connectivity index (χ3n) is 3.62. The maximum atomic E-state index is 12.3. The van der Waals surface area contributed by atoms with Gasteiger partial charge in [0.15, 0.2) is 5.65 Å². The lowest BCUT2D eigenvalue weighted by Gasteiger charge is -2.09. The molecular weight excluding hydrogens is 314 g/mol. The fraction of sp³-hybridized carbons (Fsp3) is 0.188. The molecule has 0 radical (unpaired) electrons. The Balaban J connectivity index is 1.77. The van der Waals surface area contributed by atoms with E-state index in [-0.39, 0.29) is 5.91 Å². The lowest BCUT2D eigenvalue weighted by Crippen LogP contribution is -2.29. The van der Waals surface area contributed by atoms with Crippen molar-refractivity contribution in [2.45, 2.75) is 13.8 Å². The van der Waals surface area contributed by atoms with Gasteiger partial charge in [0.25, 0.3) is 5.91 Å². The topological polar surface area (TPSA) is 71.8 Å². The van der Waals surface area contributed by atoms with E-state index in [0.29, 0.717) is 16.3 Å². The summed E-state index contributed by atoms with van der Waals surface area (Å²) in [4.78, 5) is 16.6. The van der Waals surface area contributed by atoms with Crippen molar-refractivity contribution >= 4 is 34.2 Å². The van der Waals surface area contributed by atoms with E-state index < -0.39 is 0 Å². The van der Waals surface area contributed by atoms with Crippen LogP contribution in [-0.2, 0) is 7.05 Å². The molecule has 0 fully saturated rings. The van der Waals surface area contributed by atoms with E-state index in [0.717, 1.165) is 22.3 Å². The Kier molecular flexibility index (Phi) is 3.92. The number of aryl methyl sites for hydroxylation is 3. The molecule has 118 valence electrons. The number of carbonyl (C=O) groups excluding carboxylic acids is 1. The lowest BCUT2D eigenvalue weighted by atomic mass is 10.2. The number of anilines is 1. The molecule has 2 N–H and O–H groups in total. The average molecular weight is 330 g/mol. The molecule has 1 amide bonds. The van der Waals surface area contributed by atoms with E-state index >= 15 is 0 Å². The van der Waals surface area contributed by atoms with Crippen LogP contribution in [0.25, 0.3) is 11.0 Å². The van der Waals surface area contributed by atoms with E-state index in [1.165, 1.54) is 6.20 Å². The Morgan fingerprint density at radius 3 is 2.78 bits per heavy atom. The van der Waals surface area contributed by atoms with Gasteiger partial charge in [-0.1, -0.05) is 17.7 Å². The van der Waals surface area contributed by atoms with Gasteiger partial charge in [0.2, 0.25) is 0 Å². The minimum absolute atomic E-state index is 0.278. The lowest BCUT2D eigenvalue weighted by molar-refractivity contribution is 0.0962. The number of nitrogens with one attached hydrogen (secondary N) is 2. The molecule has 2 aromatic heterocycles. The molecule has 1 aromatic carbocycles. The van der Waals surface area contributed by atoms with Crippen LogP contribution in [0, 0.1) is 13.8 Å². The molecule has 0 spiro atoms. The van der Waals surface area contributed by atoms with E-state index in [2.05, 4.69) is 20.9 Å². The summed E-state index contributed by atoms with van der Waals surface area (Å²) in [5.74, 6) is -0.278. The summed E-state index contributed by atoms with van der Waals surface area (Å²) in [7, 11) is 1.82. The number of rotatable bonds is 3. The molecule has 0 aliphatic rings. The highest BCUT2D eigenvalue weighted by atomic mass is 35.5. The Bertz CT molecular complexity index is 903. The number of aromatic nitrogens is 3. The van der Waals surface area contributed by atoms with Gasteiger partial charge in [-0.05, 0) is 37.6 Å². The van der Waals surface area contributed by atoms with Crippen LogP contribution in [-0.4, -0.2) is 20.7 Å². The van der Waals surface area contributed by atoms with Crippen LogP contribution in [0.1, 0.15) is 21.6 Å². The molecular formula is C16H16ClN5O. The first-order chi connectivity index (χ1) is 11.0. The van der Waals surface area contributed by atoms with Crippen molar-refractivity contribution in [3.05, 3.63) is 52.3 Å². The Morgan fingerprint density at radius 1 is 1.26 bits per heavy atom. The van der Waals surface area contributed by atoms with Gasteiger partial charge < -0.3 is 0 Å². The number of hydrogen-bond acceptors (Lipinski definition) is 4. The smallest absolute Gasteiger partial charge is 0.271 e. The second-order valence-electron chi connectivity index (χ2n) is 5.35. The van der Waals surface area contributed by atoms with Crippen LogP contribution in [0.4, 0.5) is 5.69 Å². The van der Waals surface area contributed by atoms with E-state index in [4.69, 9.17) is 11.6 Å². The summed E-state index contributed by atoms with van der Waals surface area (Å²) in [5, 5.41) is 5.79. The van der Waals surface area contributed by atoms with Gasteiger partial charge in [0, 0.05) is 23.7 Å². The third kappa shape index (κ3) is 2.98. The fourth-order valence-electron chi connectivity index (χ4n) is 2.30. The van der Waals surface area contributed by atoms with Gasteiger partial charge in [0.1, 0.15) is 0 Å². The number of amides is 1. The van der Waals surface area contributed by atoms with E-state index in [1.54, 1.807) is 16.8 Å². The van der Waals surface area contributed by atoms with Crippen molar-refractivity contribution in [3.63, 3.8) is 0 Å². The fourth-order valence-corrected chi connectivity index (χ4v) is 2.48. The molecule has 0 saturated carbocycles. The zero-order valence-electron chi connectivity index (χ0n) is 13.0. The molecule has 0 aliphatic carbocycles. The van der Waals surface area contributed by atoms with E-state index in [1.807, 2.05) is 33.0 Å². The normalized spacial score (nSPS) is 10.8. The number of fused-ring (bicyclic) bond motifs is 1. The molecule has 0 aliphatic heterocycles. The molecule has 0 unspecified atom stereocenters. The van der Waals surface area contributed by atoms with Gasteiger partial charge in [0.05, 0.1) is 16.9 Å². The predicted molar refractivity (Wildman–Crippen MR) is 90.5 cm³/mol.